The number of carboxylic acid groups (broad SMARTS) is 1. The maximum atomic E-state index is 10.9. The molecule has 0 bridgehead atoms. The molecule has 2 aromatic heterocycles. The molecule has 1 N–H and O–H groups in total. The number of fused-ring (bicyclic) bond motifs is 1. The number of pyridine rings is 1. The molecule has 0 amide bonds. The first-order valence-electron chi connectivity index (χ1n) is 3.97. The lowest BCUT2D eigenvalue weighted by atomic mass is 10.2. The topological polar surface area (TPSA) is 54.6 Å². The number of carbonyl (C=O) groups is 1. The molecule has 2 heterocycles. The SMILES string of the molecule is Cc1nc(Cl)c2c(C(=O)O)cccn12. The summed E-state index contributed by atoms with van der Waals surface area (Å²) in [5.74, 6) is -0.328. The van der Waals surface area contributed by atoms with Gasteiger partial charge < -0.3 is 9.51 Å². The molecule has 0 aliphatic carbocycles. The van der Waals surface area contributed by atoms with Gasteiger partial charge in [0.25, 0.3) is 0 Å². The quantitative estimate of drug-likeness (QED) is 0.783. The Kier molecular flexibility index (Phi) is 1.93. The van der Waals surface area contributed by atoms with Crippen molar-refractivity contribution in [1.82, 2.24) is 9.38 Å². The molecule has 4 nitrogen and oxygen atoms in total. The van der Waals surface area contributed by atoms with Crippen molar-refractivity contribution >= 4 is 23.1 Å². The van der Waals surface area contributed by atoms with Crippen molar-refractivity contribution in [3.8, 4) is 0 Å². The van der Waals surface area contributed by atoms with Gasteiger partial charge in [0.1, 0.15) is 5.82 Å². The Balaban J connectivity index is 2.92. The zero-order chi connectivity index (χ0) is 10.3. The minimum Gasteiger partial charge on any atom is -0.478 e. The van der Waals surface area contributed by atoms with Gasteiger partial charge in [-0.3, -0.25) is 0 Å². The number of aryl methyl sites for hydroxylation is 1. The highest BCUT2D eigenvalue weighted by Gasteiger charge is 2.14. The second-order valence-corrected chi connectivity index (χ2v) is 3.25. The lowest BCUT2D eigenvalue weighted by molar-refractivity contribution is 0.0698. The summed E-state index contributed by atoms with van der Waals surface area (Å²) in [6, 6.07) is 3.16. The number of hydrogen-bond acceptors (Lipinski definition) is 2. The Hall–Kier alpha value is -1.55. The number of aromatic carboxylic acids is 1. The van der Waals surface area contributed by atoms with E-state index in [1.165, 1.54) is 6.07 Å². The Bertz CT molecular complexity index is 519. The van der Waals surface area contributed by atoms with Gasteiger partial charge in [-0.2, -0.15) is 0 Å². The highest BCUT2D eigenvalue weighted by molar-refractivity contribution is 6.33. The van der Waals surface area contributed by atoms with Crippen LogP contribution in [0.2, 0.25) is 5.15 Å². The van der Waals surface area contributed by atoms with Crippen LogP contribution in [0, 0.1) is 6.92 Å². The molecule has 0 saturated carbocycles. The van der Waals surface area contributed by atoms with E-state index in [1.807, 2.05) is 0 Å². The van der Waals surface area contributed by atoms with Gasteiger partial charge in [0, 0.05) is 6.20 Å². The zero-order valence-electron chi connectivity index (χ0n) is 7.36. The van der Waals surface area contributed by atoms with Gasteiger partial charge in [-0.05, 0) is 19.1 Å². The van der Waals surface area contributed by atoms with Crippen LogP contribution in [0.5, 0.6) is 0 Å². The average molecular weight is 211 g/mol. The average Bonchev–Trinajstić information content (AvgIpc) is 2.43. The normalized spacial score (nSPS) is 10.7. The third kappa shape index (κ3) is 1.15. The van der Waals surface area contributed by atoms with Crippen LogP contribution in [0.15, 0.2) is 18.3 Å². The van der Waals surface area contributed by atoms with Crippen molar-refractivity contribution in [2.45, 2.75) is 6.92 Å². The van der Waals surface area contributed by atoms with Gasteiger partial charge in [-0.1, -0.05) is 11.6 Å². The monoisotopic (exact) mass is 210 g/mol. The Labute approximate surface area is 84.8 Å². The van der Waals surface area contributed by atoms with Crippen molar-refractivity contribution in [1.29, 1.82) is 0 Å². The van der Waals surface area contributed by atoms with Crippen molar-refractivity contribution in [2.75, 3.05) is 0 Å². The van der Waals surface area contributed by atoms with Crippen molar-refractivity contribution in [3.05, 3.63) is 34.9 Å². The first-order chi connectivity index (χ1) is 6.61. The third-order valence-corrected chi connectivity index (χ3v) is 2.29. The van der Waals surface area contributed by atoms with Gasteiger partial charge in [-0.15, -0.1) is 0 Å². The summed E-state index contributed by atoms with van der Waals surface area (Å²) in [4.78, 5) is 14.9. The molecule has 2 aromatic rings. The fraction of sp³-hybridized carbons (Fsp3) is 0.111. The number of halogens is 1. The molecule has 0 aromatic carbocycles. The minimum absolute atomic E-state index is 0.165. The molecular formula is C9H7ClN2O2. The largest absolute Gasteiger partial charge is 0.478 e. The van der Waals surface area contributed by atoms with Crippen LogP contribution in [-0.4, -0.2) is 20.5 Å². The molecule has 0 saturated heterocycles. The van der Waals surface area contributed by atoms with Gasteiger partial charge in [0.15, 0.2) is 5.15 Å². The fourth-order valence-corrected chi connectivity index (χ4v) is 1.73. The van der Waals surface area contributed by atoms with Crippen molar-refractivity contribution < 1.29 is 9.90 Å². The predicted molar refractivity (Wildman–Crippen MR) is 51.9 cm³/mol. The number of aromatic nitrogens is 2. The van der Waals surface area contributed by atoms with Gasteiger partial charge in [-0.25, -0.2) is 9.78 Å². The lowest BCUT2D eigenvalue weighted by Crippen LogP contribution is -2.00. The van der Waals surface area contributed by atoms with E-state index in [0.717, 1.165) is 0 Å². The number of carboxylic acids is 1. The number of imidazole rings is 1. The predicted octanol–water partition coefficient (Wildman–Crippen LogP) is 1.99. The third-order valence-electron chi connectivity index (χ3n) is 2.03. The fourth-order valence-electron chi connectivity index (χ4n) is 1.41. The Morgan fingerprint density at radius 2 is 2.36 bits per heavy atom. The van der Waals surface area contributed by atoms with Crippen LogP contribution in [0.25, 0.3) is 5.52 Å². The number of hydrogen-bond donors (Lipinski definition) is 1. The second-order valence-electron chi connectivity index (χ2n) is 2.90. The summed E-state index contributed by atoms with van der Waals surface area (Å²) in [5.41, 5.74) is 0.609. The van der Waals surface area contributed by atoms with E-state index in [4.69, 9.17) is 16.7 Å². The Morgan fingerprint density at radius 3 is 3.00 bits per heavy atom. The lowest BCUT2D eigenvalue weighted by Gasteiger charge is -1.99. The first kappa shape index (κ1) is 9.02. The Morgan fingerprint density at radius 1 is 1.64 bits per heavy atom. The molecule has 0 unspecified atom stereocenters. The zero-order valence-corrected chi connectivity index (χ0v) is 8.12. The van der Waals surface area contributed by atoms with Crippen LogP contribution in [0.1, 0.15) is 16.2 Å². The summed E-state index contributed by atoms with van der Waals surface area (Å²) in [7, 11) is 0. The first-order valence-corrected chi connectivity index (χ1v) is 4.35. The van der Waals surface area contributed by atoms with E-state index >= 15 is 0 Å². The summed E-state index contributed by atoms with van der Waals surface area (Å²) in [6.45, 7) is 1.77. The summed E-state index contributed by atoms with van der Waals surface area (Å²) in [6.07, 6.45) is 1.73. The molecule has 0 aliphatic rings. The summed E-state index contributed by atoms with van der Waals surface area (Å²) in [5, 5.41) is 9.14. The molecule has 0 fully saturated rings. The summed E-state index contributed by atoms with van der Waals surface area (Å²) < 4.78 is 1.66. The van der Waals surface area contributed by atoms with Crippen LogP contribution in [0.4, 0.5) is 0 Å². The number of rotatable bonds is 1. The molecule has 2 rings (SSSR count). The van der Waals surface area contributed by atoms with Gasteiger partial charge >= 0.3 is 5.97 Å². The maximum Gasteiger partial charge on any atom is 0.337 e. The van der Waals surface area contributed by atoms with E-state index in [9.17, 15) is 4.79 Å². The van der Waals surface area contributed by atoms with E-state index < -0.39 is 5.97 Å². The van der Waals surface area contributed by atoms with Crippen molar-refractivity contribution in [3.63, 3.8) is 0 Å². The molecule has 5 heteroatoms. The molecule has 0 aliphatic heterocycles. The molecule has 0 radical (unpaired) electrons. The maximum absolute atomic E-state index is 10.9. The standard InChI is InChI=1S/C9H7ClN2O2/c1-5-11-8(10)7-6(9(13)14)3-2-4-12(5)7/h2-4H,1H3,(H,13,14). The second kappa shape index (κ2) is 2.99. The minimum atomic E-state index is -1.00. The van der Waals surface area contributed by atoms with E-state index in [0.29, 0.717) is 11.3 Å². The molecule has 0 atom stereocenters. The summed E-state index contributed by atoms with van der Waals surface area (Å²) >= 11 is 5.83. The van der Waals surface area contributed by atoms with Crippen LogP contribution < -0.4 is 0 Å². The van der Waals surface area contributed by atoms with Crippen LogP contribution in [0.3, 0.4) is 0 Å². The molecule has 72 valence electrons. The van der Waals surface area contributed by atoms with E-state index in [1.54, 1.807) is 23.6 Å². The molecular weight excluding hydrogens is 204 g/mol. The van der Waals surface area contributed by atoms with E-state index in [-0.39, 0.29) is 10.7 Å². The van der Waals surface area contributed by atoms with Gasteiger partial charge in [0.05, 0.1) is 11.1 Å². The molecule has 0 spiro atoms. The smallest absolute Gasteiger partial charge is 0.337 e. The number of nitrogens with zero attached hydrogens (tertiary/aromatic N) is 2. The van der Waals surface area contributed by atoms with E-state index in [2.05, 4.69) is 4.98 Å². The molecule has 14 heavy (non-hydrogen) atoms. The van der Waals surface area contributed by atoms with Crippen LogP contribution >= 0.6 is 11.6 Å². The van der Waals surface area contributed by atoms with Crippen LogP contribution in [-0.2, 0) is 0 Å². The van der Waals surface area contributed by atoms with Crippen molar-refractivity contribution in [2.24, 2.45) is 0 Å². The van der Waals surface area contributed by atoms with Gasteiger partial charge in [0.2, 0.25) is 0 Å². The highest BCUT2D eigenvalue weighted by Crippen LogP contribution is 2.21. The highest BCUT2D eigenvalue weighted by atomic mass is 35.5.